The second kappa shape index (κ2) is 26.3. The second-order valence-electron chi connectivity index (χ2n) is 22.2. The van der Waals surface area contributed by atoms with Crippen LogP contribution >= 0.6 is 0 Å². The van der Waals surface area contributed by atoms with Gasteiger partial charge in [-0.15, -0.1) is 0 Å². The standard InChI is InChI=1S/C59H69FN10O15/c1-6-59(83)36-24-42-53-34(29-69(42)56(81)35(36)30-84-57(59)82)52-38(15-14-33-31(2)37(60)25-39(68-53)51(33)52)66-44(72)13-10-21-61-45(73)27-65-54(79)40(23-32-11-8-7-9-12-32)67-47(75)28-64-46(74)26-63-43(71)20-22-62-55(80)41(70-48(76)17-18-49(70)77)16-19-50(78)85-58(3,4)5/h7-9,11-12,17-18,24-25,38,40-41,48,76,83H,6,10,13-16,19-23,26-30H2,1-5H3,(H,61,73)(H,62,80)(H,63,71)(H,64,74)(H,65,79)(H,66,72)(H,67,75)/t38-,40-,41-,48?,59-/m0/s1. The number of aromatic nitrogens is 2. The van der Waals surface area contributed by atoms with Crippen LogP contribution in [-0.4, -0.2) is 140 Å². The Bertz CT molecular complexity index is 3450. The first-order valence-electron chi connectivity index (χ1n) is 28.1. The number of aliphatic hydroxyl groups excluding tert-OH is 1. The lowest BCUT2D eigenvalue weighted by Crippen LogP contribution is -2.52. The molecule has 8 amide bonds. The molecule has 0 radical (unpaired) electrons. The van der Waals surface area contributed by atoms with Gasteiger partial charge in [-0.2, -0.15) is 0 Å². The van der Waals surface area contributed by atoms with Crippen molar-refractivity contribution in [3.63, 3.8) is 0 Å². The summed E-state index contributed by atoms with van der Waals surface area (Å²) in [6.07, 6.45) is 1.11. The molecule has 2 aromatic carbocycles. The highest BCUT2D eigenvalue weighted by atomic mass is 19.1. The van der Waals surface area contributed by atoms with E-state index in [4.69, 9.17) is 14.5 Å². The second-order valence-corrected chi connectivity index (χ2v) is 22.2. The van der Waals surface area contributed by atoms with E-state index in [1.807, 2.05) is 0 Å². The van der Waals surface area contributed by atoms with Crippen molar-refractivity contribution >= 4 is 70.1 Å². The molecule has 0 bridgehead atoms. The summed E-state index contributed by atoms with van der Waals surface area (Å²) in [6.45, 7) is 6.22. The predicted octanol–water partition coefficient (Wildman–Crippen LogP) is 0.317. The highest BCUT2D eigenvalue weighted by Gasteiger charge is 2.46. The summed E-state index contributed by atoms with van der Waals surface area (Å²) in [5.74, 6) is -7.17. The van der Waals surface area contributed by atoms with Gasteiger partial charge in [0.25, 0.3) is 5.56 Å². The Hall–Kier alpha value is -8.91. The minimum absolute atomic E-state index is 0.0110. The molecule has 5 heterocycles. The molecule has 8 rings (SSSR count). The molecule has 0 spiro atoms. The molecule has 5 atom stereocenters. The molecule has 25 nitrogen and oxygen atoms in total. The summed E-state index contributed by atoms with van der Waals surface area (Å²) in [4.78, 5) is 149. The minimum Gasteiger partial charge on any atom is -0.460 e. The molecule has 85 heavy (non-hydrogen) atoms. The van der Waals surface area contributed by atoms with E-state index in [-0.39, 0.29) is 88.2 Å². The fourth-order valence-electron chi connectivity index (χ4n) is 10.9. The third kappa shape index (κ3) is 14.4. The Balaban J connectivity index is 0.787. The molecular formula is C59H69FN10O15. The lowest BCUT2D eigenvalue weighted by molar-refractivity contribution is -0.172. The van der Waals surface area contributed by atoms with Crippen molar-refractivity contribution in [3.8, 4) is 11.4 Å². The number of carbonyl (C=O) groups excluding carboxylic acids is 10. The van der Waals surface area contributed by atoms with Crippen molar-refractivity contribution in [2.45, 2.75) is 141 Å². The van der Waals surface area contributed by atoms with Gasteiger partial charge < -0.3 is 61.5 Å². The van der Waals surface area contributed by atoms with Crippen LogP contribution in [0.3, 0.4) is 0 Å². The smallest absolute Gasteiger partial charge is 0.343 e. The molecule has 0 saturated carbocycles. The largest absolute Gasteiger partial charge is 0.460 e. The first kappa shape index (κ1) is 62.1. The average Bonchev–Trinajstić information content (AvgIpc) is 2.03. The molecule has 452 valence electrons. The number of rotatable bonds is 24. The van der Waals surface area contributed by atoms with Crippen molar-refractivity contribution in [1.82, 2.24) is 51.7 Å². The lowest BCUT2D eigenvalue weighted by atomic mass is 9.81. The van der Waals surface area contributed by atoms with Crippen LogP contribution in [-0.2, 0) is 89.0 Å². The number of esters is 2. The Morgan fingerprint density at radius 2 is 1.55 bits per heavy atom. The highest BCUT2D eigenvalue weighted by molar-refractivity contribution is 5.97. The third-order valence-electron chi connectivity index (χ3n) is 15.1. The summed E-state index contributed by atoms with van der Waals surface area (Å²) < 4.78 is 27.4. The van der Waals surface area contributed by atoms with E-state index in [9.17, 15) is 63.0 Å². The first-order chi connectivity index (χ1) is 40.4. The summed E-state index contributed by atoms with van der Waals surface area (Å²) in [6, 6.07) is 8.55. The maximum absolute atomic E-state index is 15.4. The lowest BCUT2D eigenvalue weighted by Gasteiger charge is -2.31. The zero-order valence-corrected chi connectivity index (χ0v) is 47.7. The molecule has 0 fully saturated rings. The van der Waals surface area contributed by atoms with Gasteiger partial charge >= 0.3 is 11.9 Å². The van der Waals surface area contributed by atoms with E-state index in [2.05, 4.69) is 37.2 Å². The molecule has 4 aliphatic rings. The normalized spacial score (nSPS) is 18.0. The van der Waals surface area contributed by atoms with Gasteiger partial charge in [-0.25, -0.2) is 14.2 Å². The van der Waals surface area contributed by atoms with Crippen LogP contribution in [0.4, 0.5) is 4.39 Å². The van der Waals surface area contributed by atoms with Gasteiger partial charge in [0.1, 0.15) is 36.3 Å². The number of benzene rings is 2. The zero-order valence-electron chi connectivity index (χ0n) is 47.7. The molecule has 9 N–H and O–H groups in total. The van der Waals surface area contributed by atoms with Crippen molar-refractivity contribution in [3.05, 3.63) is 110 Å². The minimum atomic E-state index is -2.05. The number of fused-ring (bicyclic) bond motifs is 5. The van der Waals surface area contributed by atoms with Gasteiger partial charge in [0.15, 0.2) is 5.60 Å². The summed E-state index contributed by atoms with van der Waals surface area (Å²) in [5, 5.41) is 40.5. The number of hydrogen-bond acceptors (Lipinski definition) is 16. The molecule has 0 saturated heterocycles. The number of nitrogens with one attached hydrogen (secondary N) is 7. The number of ether oxygens (including phenoxy) is 2. The van der Waals surface area contributed by atoms with Crippen LogP contribution in [0, 0.1) is 12.7 Å². The molecule has 4 aromatic rings. The van der Waals surface area contributed by atoms with Crippen LogP contribution in [0.1, 0.15) is 118 Å². The zero-order chi connectivity index (χ0) is 61.5. The summed E-state index contributed by atoms with van der Waals surface area (Å²) >= 11 is 0. The predicted molar refractivity (Wildman–Crippen MR) is 300 cm³/mol. The van der Waals surface area contributed by atoms with Crippen molar-refractivity contribution in [2.24, 2.45) is 0 Å². The van der Waals surface area contributed by atoms with E-state index in [0.717, 1.165) is 16.5 Å². The maximum Gasteiger partial charge on any atom is 0.343 e. The van der Waals surface area contributed by atoms with E-state index in [0.29, 0.717) is 57.4 Å². The molecule has 2 aromatic heterocycles. The Morgan fingerprint density at radius 3 is 2.26 bits per heavy atom. The summed E-state index contributed by atoms with van der Waals surface area (Å²) in [7, 11) is 0. The number of carbonyl (C=O) groups is 10. The fraction of sp³-hybridized carbons (Fsp3) is 0.458. The van der Waals surface area contributed by atoms with Gasteiger partial charge in [-0.3, -0.25) is 52.8 Å². The van der Waals surface area contributed by atoms with E-state index < -0.39 is 120 Å². The quantitative estimate of drug-likeness (QED) is 0.0297. The van der Waals surface area contributed by atoms with Crippen LogP contribution in [0.25, 0.3) is 22.3 Å². The van der Waals surface area contributed by atoms with Gasteiger partial charge in [0.05, 0.1) is 54.7 Å². The molecule has 3 aliphatic heterocycles. The Kier molecular flexibility index (Phi) is 19.3. The van der Waals surface area contributed by atoms with Crippen molar-refractivity contribution < 1.29 is 72.0 Å². The topological polar surface area (TPSA) is 352 Å². The highest BCUT2D eigenvalue weighted by Crippen LogP contribution is 2.46. The molecule has 1 aliphatic carbocycles. The van der Waals surface area contributed by atoms with E-state index in [1.165, 1.54) is 16.7 Å². The summed E-state index contributed by atoms with van der Waals surface area (Å²) in [5.41, 5.74) is 1.18. The van der Waals surface area contributed by atoms with Crippen LogP contribution < -0.4 is 42.8 Å². The van der Waals surface area contributed by atoms with Crippen molar-refractivity contribution in [1.29, 1.82) is 0 Å². The van der Waals surface area contributed by atoms with Gasteiger partial charge in [0.2, 0.25) is 47.3 Å². The molecule has 26 heteroatoms. The average molecular weight is 1180 g/mol. The number of aryl methyl sites for hydroxylation is 1. The number of amides is 8. The number of pyridine rings is 2. The number of aliphatic hydroxyl groups is 2. The molecule has 1 unspecified atom stereocenters. The monoisotopic (exact) mass is 1180 g/mol. The SMILES string of the molecule is CC[C@@]1(O)C(=O)OCc2c1cc1n(c2=O)Cc2c-1nc1cc(F)c(C)c3c1c2[C@@H](NC(=O)CCCNC(=O)CNC(=O)[C@H](Cc1ccccc1)NC(=O)CNC(=O)CNC(=O)CCNC(=O)[C@H](CCC(=O)OC(C)(C)C)N1C(=O)C=CC1O)CC3. The first-order valence-corrected chi connectivity index (χ1v) is 28.1. The van der Waals surface area contributed by atoms with E-state index >= 15 is 4.39 Å². The van der Waals surface area contributed by atoms with Gasteiger partial charge in [-0.1, -0.05) is 37.3 Å². The fourth-order valence-corrected chi connectivity index (χ4v) is 10.9. The molecular weight excluding hydrogens is 1110 g/mol. The Labute approximate surface area is 487 Å². The third-order valence-corrected chi connectivity index (χ3v) is 15.1. The van der Waals surface area contributed by atoms with Gasteiger partial charge in [-0.05, 0) is 94.2 Å². The van der Waals surface area contributed by atoms with Crippen LogP contribution in [0.15, 0.2) is 59.4 Å². The van der Waals surface area contributed by atoms with E-state index in [1.54, 1.807) is 71.0 Å². The van der Waals surface area contributed by atoms with Gasteiger partial charge in [0, 0.05) is 67.4 Å². The Morgan fingerprint density at radius 1 is 0.847 bits per heavy atom. The van der Waals surface area contributed by atoms with Crippen LogP contribution in [0.2, 0.25) is 0 Å². The number of halogens is 1. The number of cyclic esters (lactones) is 1. The van der Waals surface area contributed by atoms with Crippen molar-refractivity contribution in [2.75, 3.05) is 32.7 Å². The number of hydrogen-bond donors (Lipinski definition) is 9. The van der Waals surface area contributed by atoms with Crippen LogP contribution in [0.5, 0.6) is 0 Å². The maximum atomic E-state index is 15.4. The number of nitrogens with zero attached hydrogens (tertiary/aromatic N) is 3.